The van der Waals surface area contributed by atoms with Gasteiger partial charge in [-0.05, 0) is 44.5 Å². The standard InChI is InChI=1S/C20H23N3O2/c1-14(2)25-13-5-12-21-20(24)16-10-8-15(9-11-16)19-22-17-6-3-4-7-18(17)23-19/h3-4,6-11,14H,5,12-13H2,1-2H3,(H,21,24)(H,22,23). The zero-order chi connectivity index (χ0) is 17.6. The normalized spacial score (nSPS) is 11.2. The highest BCUT2D eigenvalue weighted by Gasteiger charge is 2.08. The molecule has 25 heavy (non-hydrogen) atoms. The molecule has 2 aromatic carbocycles. The van der Waals surface area contributed by atoms with Crippen molar-refractivity contribution >= 4 is 16.9 Å². The number of aromatic nitrogens is 2. The predicted molar refractivity (Wildman–Crippen MR) is 99.6 cm³/mol. The summed E-state index contributed by atoms with van der Waals surface area (Å²) in [5, 5.41) is 2.91. The lowest BCUT2D eigenvalue weighted by Crippen LogP contribution is -2.25. The highest BCUT2D eigenvalue weighted by Crippen LogP contribution is 2.20. The van der Waals surface area contributed by atoms with Crippen molar-refractivity contribution in [3.8, 4) is 11.4 Å². The van der Waals surface area contributed by atoms with Gasteiger partial charge in [0.2, 0.25) is 0 Å². The van der Waals surface area contributed by atoms with Crippen LogP contribution in [-0.4, -0.2) is 35.1 Å². The fraction of sp³-hybridized carbons (Fsp3) is 0.300. The van der Waals surface area contributed by atoms with Gasteiger partial charge in [0.15, 0.2) is 0 Å². The van der Waals surface area contributed by atoms with Crippen molar-refractivity contribution in [2.24, 2.45) is 0 Å². The maximum atomic E-state index is 12.2. The van der Waals surface area contributed by atoms with Crippen LogP contribution in [0.2, 0.25) is 0 Å². The maximum absolute atomic E-state index is 12.2. The molecule has 0 bridgehead atoms. The number of carbonyl (C=O) groups excluding carboxylic acids is 1. The molecule has 0 aliphatic heterocycles. The minimum atomic E-state index is -0.0688. The van der Waals surface area contributed by atoms with Gasteiger partial charge in [0.05, 0.1) is 17.1 Å². The Kier molecular flexibility index (Phi) is 5.46. The number of rotatable bonds is 7. The number of hydrogen-bond acceptors (Lipinski definition) is 3. The Balaban J connectivity index is 1.59. The summed E-state index contributed by atoms with van der Waals surface area (Å²) in [7, 11) is 0. The van der Waals surface area contributed by atoms with Crippen molar-refractivity contribution in [3.63, 3.8) is 0 Å². The minimum absolute atomic E-state index is 0.0688. The molecule has 5 heteroatoms. The van der Waals surface area contributed by atoms with Crippen molar-refractivity contribution in [2.75, 3.05) is 13.2 Å². The first kappa shape index (κ1) is 17.2. The van der Waals surface area contributed by atoms with Crippen LogP contribution in [0, 0.1) is 0 Å². The summed E-state index contributed by atoms with van der Waals surface area (Å²) in [5.74, 6) is 0.736. The Morgan fingerprint density at radius 3 is 2.64 bits per heavy atom. The van der Waals surface area contributed by atoms with Crippen LogP contribution in [0.4, 0.5) is 0 Å². The molecule has 1 heterocycles. The summed E-state index contributed by atoms with van der Waals surface area (Å²) in [6.07, 6.45) is 1.03. The Bertz CT molecular complexity index is 805. The van der Waals surface area contributed by atoms with Crippen LogP contribution in [0.5, 0.6) is 0 Å². The average molecular weight is 337 g/mol. The summed E-state index contributed by atoms with van der Waals surface area (Å²) in [6, 6.07) is 15.4. The van der Waals surface area contributed by atoms with Gasteiger partial charge < -0.3 is 15.0 Å². The number of ether oxygens (including phenoxy) is 1. The zero-order valence-corrected chi connectivity index (χ0v) is 14.6. The molecule has 3 rings (SSSR count). The second-order valence-corrected chi connectivity index (χ2v) is 6.21. The van der Waals surface area contributed by atoms with E-state index >= 15 is 0 Å². The Labute approximate surface area is 147 Å². The third kappa shape index (κ3) is 4.45. The number of benzene rings is 2. The minimum Gasteiger partial charge on any atom is -0.379 e. The Hall–Kier alpha value is -2.66. The first-order valence-corrected chi connectivity index (χ1v) is 8.58. The first-order valence-electron chi connectivity index (χ1n) is 8.58. The third-order valence-corrected chi connectivity index (χ3v) is 3.87. The van der Waals surface area contributed by atoms with Crippen molar-refractivity contribution < 1.29 is 9.53 Å². The van der Waals surface area contributed by atoms with E-state index in [0.717, 1.165) is 28.8 Å². The fourth-order valence-electron chi connectivity index (χ4n) is 2.56. The molecule has 0 aliphatic carbocycles. The van der Waals surface area contributed by atoms with E-state index in [-0.39, 0.29) is 12.0 Å². The van der Waals surface area contributed by atoms with Gasteiger partial charge in [-0.2, -0.15) is 0 Å². The van der Waals surface area contributed by atoms with Gasteiger partial charge in [-0.1, -0.05) is 24.3 Å². The second-order valence-electron chi connectivity index (χ2n) is 6.21. The number of hydrogen-bond donors (Lipinski definition) is 2. The summed E-state index contributed by atoms with van der Waals surface area (Å²) in [6.45, 7) is 5.27. The van der Waals surface area contributed by atoms with Gasteiger partial charge in [0.25, 0.3) is 5.91 Å². The van der Waals surface area contributed by atoms with Crippen molar-refractivity contribution in [1.82, 2.24) is 15.3 Å². The molecular formula is C20H23N3O2. The third-order valence-electron chi connectivity index (χ3n) is 3.87. The number of imidazole rings is 1. The SMILES string of the molecule is CC(C)OCCCNC(=O)c1ccc(-c2nc3ccccc3[nH]2)cc1. The van der Waals surface area contributed by atoms with E-state index in [2.05, 4.69) is 15.3 Å². The molecule has 0 aliphatic rings. The molecule has 1 amide bonds. The number of H-pyrrole nitrogens is 1. The van der Waals surface area contributed by atoms with E-state index in [9.17, 15) is 4.79 Å². The molecule has 0 unspecified atom stereocenters. The first-order chi connectivity index (χ1) is 12.1. The second kappa shape index (κ2) is 7.94. The molecule has 130 valence electrons. The van der Waals surface area contributed by atoms with Gasteiger partial charge in [-0.15, -0.1) is 0 Å². The lowest BCUT2D eigenvalue weighted by Gasteiger charge is -2.08. The van der Waals surface area contributed by atoms with Gasteiger partial charge in [-0.25, -0.2) is 4.98 Å². The quantitative estimate of drug-likeness (QED) is 0.645. The van der Waals surface area contributed by atoms with Crippen LogP contribution < -0.4 is 5.32 Å². The van der Waals surface area contributed by atoms with Gasteiger partial charge >= 0.3 is 0 Å². The zero-order valence-electron chi connectivity index (χ0n) is 14.6. The maximum Gasteiger partial charge on any atom is 0.251 e. The van der Waals surface area contributed by atoms with E-state index in [1.807, 2.05) is 62.4 Å². The molecule has 3 aromatic rings. The number of nitrogens with zero attached hydrogens (tertiary/aromatic N) is 1. The predicted octanol–water partition coefficient (Wildman–Crippen LogP) is 3.77. The molecule has 5 nitrogen and oxygen atoms in total. The van der Waals surface area contributed by atoms with Gasteiger partial charge in [0.1, 0.15) is 5.82 Å². The van der Waals surface area contributed by atoms with Crippen LogP contribution in [0.3, 0.4) is 0 Å². The topological polar surface area (TPSA) is 67.0 Å². The number of aromatic amines is 1. The fourth-order valence-corrected chi connectivity index (χ4v) is 2.56. The number of para-hydroxylation sites is 2. The highest BCUT2D eigenvalue weighted by molar-refractivity contribution is 5.94. The molecular weight excluding hydrogens is 314 g/mol. The number of amides is 1. The van der Waals surface area contributed by atoms with Crippen LogP contribution in [0.15, 0.2) is 48.5 Å². The molecule has 2 N–H and O–H groups in total. The van der Waals surface area contributed by atoms with E-state index in [1.54, 1.807) is 0 Å². The molecule has 0 saturated carbocycles. The average Bonchev–Trinajstić information content (AvgIpc) is 3.05. The summed E-state index contributed by atoms with van der Waals surface area (Å²) in [5.41, 5.74) is 3.54. The highest BCUT2D eigenvalue weighted by atomic mass is 16.5. The van der Waals surface area contributed by atoms with Crippen molar-refractivity contribution in [3.05, 3.63) is 54.1 Å². The number of nitrogens with one attached hydrogen (secondary N) is 2. The van der Waals surface area contributed by atoms with Crippen molar-refractivity contribution in [2.45, 2.75) is 26.4 Å². The summed E-state index contributed by atoms with van der Waals surface area (Å²) < 4.78 is 5.46. The smallest absolute Gasteiger partial charge is 0.251 e. The summed E-state index contributed by atoms with van der Waals surface area (Å²) in [4.78, 5) is 20.0. The molecule has 0 spiro atoms. The van der Waals surface area contributed by atoms with Crippen molar-refractivity contribution in [1.29, 1.82) is 0 Å². The molecule has 0 radical (unpaired) electrons. The number of carbonyl (C=O) groups is 1. The lowest BCUT2D eigenvalue weighted by molar-refractivity contribution is 0.0757. The van der Waals surface area contributed by atoms with E-state index in [4.69, 9.17) is 4.74 Å². The van der Waals surface area contributed by atoms with Crippen LogP contribution in [0.1, 0.15) is 30.6 Å². The van der Waals surface area contributed by atoms with E-state index < -0.39 is 0 Å². The van der Waals surface area contributed by atoms with Gasteiger partial charge in [0, 0.05) is 24.3 Å². The van der Waals surface area contributed by atoms with Crippen LogP contribution >= 0.6 is 0 Å². The lowest BCUT2D eigenvalue weighted by atomic mass is 10.1. The Morgan fingerprint density at radius 2 is 1.92 bits per heavy atom. The Morgan fingerprint density at radius 1 is 1.16 bits per heavy atom. The summed E-state index contributed by atoms with van der Waals surface area (Å²) >= 11 is 0. The molecule has 0 saturated heterocycles. The number of fused-ring (bicyclic) bond motifs is 1. The monoisotopic (exact) mass is 337 g/mol. The molecule has 0 atom stereocenters. The van der Waals surface area contributed by atoms with E-state index in [0.29, 0.717) is 18.7 Å². The largest absolute Gasteiger partial charge is 0.379 e. The van der Waals surface area contributed by atoms with Crippen LogP contribution in [-0.2, 0) is 4.74 Å². The van der Waals surface area contributed by atoms with Gasteiger partial charge in [-0.3, -0.25) is 4.79 Å². The molecule has 0 fully saturated rings. The van der Waals surface area contributed by atoms with Crippen LogP contribution in [0.25, 0.3) is 22.4 Å². The van der Waals surface area contributed by atoms with E-state index in [1.165, 1.54) is 0 Å². The molecule has 1 aromatic heterocycles.